The van der Waals surface area contributed by atoms with Crippen LogP contribution < -0.4 is 10.5 Å². The van der Waals surface area contributed by atoms with Crippen LogP contribution >= 0.6 is 0 Å². The van der Waals surface area contributed by atoms with Crippen molar-refractivity contribution in [2.75, 3.05) is 5.73 Å². The maximum absolute atomic E-state index is 12.5. The van der Waals surface area contributed by atoms with Gasteiger partial charge in [0, 0.05) is 11.2 Å². The van der Waals surface area contributed by atoms with Crippen LogP contribution in [0.1, 0.15) is 45.7 Å². The van der Waals surface area contributed by atoms with Crippen molar-refractivity contribution in [1.82, 2.24) is 4.72 Å². The van der Waals surface area contributed by atoms with Crippen LogP contribution in [0.4, 0.5) is 5.69 Å². The topological polar surface area (TPSA) is 72.2 Å². The van der Waals surface area contributed by atoms with Crippen molar-refractivity contribution >= 4 is 15.7 Å². The molecule has 3 N–H and O–H groups in total. The van der Waals surface area contributed by atoms with E-state index in [4.69, 9.17) is 5.73 Å². The summed E-state index contributed by atoms with van der Waals surface area (Å²) < 4.78 is 27.6. The highest BCUT2D eigenvalue weighted by Gasteiger charge is 2.25. The number of benzene rings is 1. The Hall–Kier alpha value is -1.07. The van der Waals surface area contributed by atoms with Gasteiger partial charge in [-0.15, -0.1) is 0 Å². The minimum Gasteiger partial charge on any atom is -0.398 e. The molecule has 0 atom stereocenters. The second kappa shape index (κ2) is 5.51. The van der Waals surface area contributed by atoms with Gasteiger partial charge in [0.2, 0.25) is 10.0 Å². The number of nitrogens with one attached hydrogen (secondary N) is 1. The van der Waals surface area contributed by atoms with Gasteiger partial charge in [0.25, 0.3) is 0 Å². The molecule has 0 bridgehead atoms. The summed E-state index contributed by atoms with van der Waals surface area (Å²) in [6, 6.07) is 3.58. The SMILES string of the molecule is CCc1cc(N)c(CC)c(S(=O)(=O)NC(C)(C)C)c1. The Morgan fingerprint density at radius 2 is 1.74 bits per heavy atom. The monoisotopic (exact) mass is 284 g/mol. The molecule has 0 radical (unpaired) electrons. The zero-order valence-electron chi connectivity index (χ0n) is 12.4. The van der Waals surface area contributed by atoms with Crippen molar-refractivity contribution in [2.24, 2.45) is 0 Å². The standard InChI is InChI=1S/C14H24N2O2S/c1-6-10-8-12(15)11(7-2)13(9-10)19(17,18)16-14(3,4)5/h8-9,16H,6-7,15H2,1-5H3. The molecule has 0 fully saturated rings. The molecule has 1 aromatic rings. The van der Waals surface area contributed by atoms with Crippen molar-refractivity contribution in [1.29, 1.82) is 0 Å². The van der Waals surface area contributed by atoms with E-state index >= 15 is 0 Å². The van der Waals surface area contributed by atoms with Gasteiger partial charge < -0.3 is 5.73 Å². The van der Waals surface area contributed by atoms with Crippen LogP contribution in [0.25, 0.3) is 0 Å². The van der Waals surface area contributed by atoms with E-state index in [0.717, 1.165) is 12.0 Å². The minimum absolute atomic E-state index is 0.307. The van der Waals surface area contributed by atoms with Gasteiger partial charge >= 0.3 is 0 Å². The molecule has 4 nitrogen and oxygen atoms in total. The Morgan fingerprint density at radius 3 is 2.16 bits per heavy atom. The largest absolute Gasteiger partial charge is 0.398 e. The molecule has 0 spiro atoms. The number of aryl methyl sites for hydroxylation is 1. The van der Waals surface area contributed by atoms with E-state index in [2.05, 4.69) is 4.72 Å². The van der Waals surface area contributed by atoms with E-state index in [0.29, 0.717) is 22.6 Å². The fraction of sp³-hybridized carbons (Fsp3) is 0.571. The number of sulfonamides is 1. The molecule has 1 rings (SSSR count). The third-order valence-corrected chi connectivity index (χ3v) is 4.62. The molecular formula is C14H24N2O2S. The van der Waals surface area contributed by atoms with E-state index < -0.39 is 15.6 Å². The number of rotatable bonds is 4. The molecule has 1 aromatic carbocycles. The van der Waals surface area contributed by atoms with Gasteiger partial charge in [-0.05, 0) is 56.9 Å². The first-order valence-electron chi connectivity index (χ1n) is 6.56. The number of hydrogen-bond donors (Lipinski definition) is 2. The van der Waals surface area contributed by atoms with Crippen molar-refractivity contribution in [3.05, 3.63) is 23.3 Å². The fourth-order valence-electron chi connectivity index (χ4n) is 2.01. The smallest absolute Gasteiger partial charge is 0.241 e. The van der Waals surface area contributed by atoms with Gasteiger partial charge in [0.1, 0.15) is 0 Å². The maximum Gasteiger partial charge on any atom is 0.241 e. The zero-order chi connectivity index (χ0) is 14.8. The summed E-state index contributed by atoms with van der Waals surface area (Å²) in [5.74, 6) is 0. The Labute approximate surface area is 116 Å². The maximum atomic E-state index is 12.5. The average molecular weight is 284 g/mol. The van der Waals surface area contributed by atoms with Gasteiger partial charge in [0.15, 0.2) is 0 Å². The third-order valence-electron chi connectivity index (χ3n) is 2.80. The molecule has 0 aromatic heterocycles. The average Bonchev–Trinajstić information content (AvgIpc) is 2.24. The van der Waals surface area contributed by atoms with E-state index in [1.54, 1.807) is 6.07 Å². The number of nitrogen functional groups attached to an aromatic ring is 1. The summed E-state index contributed by atoms with van der Waals surface area (Å²) in [7, 11) is -3.55. The molecule has 0 saturated heterocycles. The molecule has 0 unspecified atom stereocenters. The van der Waals surface area contributed by atoms with Crippen LogP contribution in [-0.2, 0) is 22.9 Å². The highest BCUT2D eigenvalue weighted by molar-refractivity contribution is 7.89. The van der Waals surface area contributed by atoms with Gasteiger partial charge in [-0.2, -0.15) is 0 Å². The number of hydrogen-bond acceptors (Lipinski definition) is 3. The summed E-state index contributed by atoms with van der Waals surface area (Å²) in [4.78, 5) is 0.307. The lowest BCUT2D eigenvalue weighted by Crippen LogP contribution is -2.40. The first kappa shape index (κ1) is 16.0. The van der Waals surface area contributed by atoms with Crippen LogP contribution in [0.5, 0.6) is 0 Å². The van der Waals surface area contributed by atoms with Crippen LogP contribution in [-0.4, -0.2) is 14.0 Å². The quantitative estimate of drug-likeness (QED) is 0.834. The third kappa shape index (κ3) is 3.94. The van der Waals surface area contributed by atoms with Gasteiger partial charge in [-0.3, -0.25) is 0 Å². The van der Waals surface area contributed by atoms with E-state index in [1.165, 1.54) is 0 Å². The van der Waals surface area contributed by atoms with Crippen LogP contribution in [0.3, 0.4) is 0 Å². The Kier molecular flexibility index (Phi) is 4.63. The lowest BCUT2D eigenvalue weighted by molar-refractivity contribution is 0.491. The summed E-state index contributed by atoms with van der Waals surface area (Å²) in [5.41, 5.74) is 7.64. The predicted octanol–water partition coefficient (Wildman–Crippen LogP) is 2.47. The molecule has 0 aliphatic carbocycles. The van der Waals surface area contributed by atoms with Crippen LogP contribution in [0, 0.1) is 0 Å². The van der Waals surface area contributed by atoms with Crippen LogP contribution in [0.2, 0.25) is 0 Å². The highest BCUT2D eigenvalue weighted by atomic mass is 32.2. The zero-order valence-corrected chi connectivity index (χ0v) is 13.2. The van der Waals surface area contributed by atoms with Gasteiger partial charge in [-0.1, -0.05) is 13.8 Å². The highest BCUT2D eigenvalue weighted by Crippen LogP contribution is 2.26. The molecule has 19 heavy (non-hydrogen) atoms. The van der Waals surface area contributed by atoms with E-state index in [9.17, 15) is 8.42 Å². The Balaban J connectivity index is 3.44. The summed E-state index contributed by atoms with van der Waals surface area (Å²) in [6.07, 6.45) is 1.35. The predicted molar refractivity (Wildman–Crippen MR) is 79.7 cm³/mol. The summed E-state index contributed by atoms with van der Waals surface area (Å²) >= 11 is 0. The van der Waals surface area contributed by atoms with Crippen molar-refractivity contribution in [2.45, 2.75) is 57.9 Å². The lowest BCUT2D eigenvalue weighted by Gasteiger charge is -2.22. The molecule has 108 valence electrons. The van der Waals surface area contributed by atoms with Crippen molar-refractivity contribution in [3.8, 4) is 0 Å². The minimum atomic E-state index is -3.55. The molecule has 0 aliphatic heterocycles. The number of anilines is 1. The normalized spacial score (nSPS) is 12.7. The molecule has 5 heteroatoms. The summed E-state index contributed by atoms with van der Waals surface area (Å²) in [6.45, 7) is 9.36. The van der Waals surface area contributed by atoms with Gasteiger partial charge in [0.05, 0.1) is 4.90 Å². The molecule has 0 amide bonds. The first-order valence-corrected chi connectivity index (χ1v) is 8.04. The molecule has 0 saturated carbocycles. The van der Waals surface area contributed by atoms with Crippen molar-refractivity contribution < 1.29 is 8.42 Å². The van der Waals surface area contributed by atoms with Gasteiger partial charge in [-0.25, -0.2) is 13.1 Å². The Bertz CT molecular complexity index is 558. The first-order chi connectivity index (χ1) is 8.60. The Morgan fingerprint density at radius 1 is 1.16 bits per heavy atom. The molecule has 0 heterocycles. The second-order valence-corrected chi connectivity index (χ2v) is 7.38. The lowest BCUT2D eigenvalue weighted by atomic mass is 10.1. The van der Waals surface area contributed by atoms with E-state index in [1.807, 2.05) is 40.7 Å². The van der Waals surface area contributed by atoms with Crippen molar-refractivity contribution in [3.63, 3.8) is 0 Å². The van der Waals surface area contributed by atoms with E-state index in [-0.39, 0.29) is 0 Å². The van der Waals surface area contributed by atoms with Crippen LogP contribution in [0.15, 0.2) is 17.0 Å². The number of nitrogens with two attached hydrogens (primary N) is 1. The fourth-order valence-corrected chi connectivity index (χ4v) is 3.82. The summed E-state index contributed by atoms with van der Waals surface area (Å²) in [5, 5.41) is 0. The molecular weight excluding hydrogens is 260 g/mol. The second-order valence-electron chi connectivity index (χ2n) is 5.72. The molecule has 0 aliphatic rings.